The lowest BCUT2D eigenvalue weighted by Crippen LogP contribution is -2.39. The highest BCUT2D eigenvalue weighted by molar-refractivity contribution is 5.98. The highest BCUT2D eigenvalue weighted by atomic mass is 19.3. The lowest BCUT2D eigenvalue weighted by molar-refractivity contribution is -0.121. The number of carbonyl (C=O) groups is 1. The summed E-state index contributed by atoms with van der Waals surface area (Å²) in [4.78, 5) is 13.6. The molecule has 0 fully saturated rings. The SMILES string of the molecule is CCCN1C(=O)COc2cc(F)c(-n3nc(C)c(OC(F)F)c3C#N)cc21. The van der Waals surface area contributed by atoms with Crippen molar-refractivity contribution in [1.82, 2.24) is 9.78 Å². The van der Waals surface area contributed by atoms with Gasteiger partial charge >= 0.3 is 6.61 Å². The summed E-state index contributed by atoms with van der Waals surface area (Å²) in [6, 6.07) is 4.08. The maximum atomic E-state index is 14.7. The van der Waals surface area contributed by atoms with Crippen molar-refractivity contribution in [2.24, 2.45) is 0 Å². The number of nitrogens with zero attached hydrogens (tertiary/aromatic N) is 4. The van der Waals surface area contributed by atoms with Crippen molar-refractivity contribution in [1.29, 1.82) is 5.26 Å². The lowest BCUT2D eigenvalue weighted by atomic mass is 10.2. The molecule has 1 aliphatic rings. The van der Waals surface area contributed by atoms with Gasteiger partial charge in [0, 0.05) is 12.6 Å². The third-order valence-electron chi connectivity index (χ3n) is 3.97. The van der Waals surface area contributed by atoms with E-state index in [1.54, 1.807) is 6.07 Å². The van der Waals surface area contributed by atoms with Crippen molar-refractivity contribution >= 4 is 11.6 Å². The molecule has 0 saturated heterocycles. The number of nitriles is 1. The molecule has 1 aliphatic heterocycles. The molecule has 142 valence electrons. The van der Waals surface area contributed by atoms with Crippen molar-refractivity contribution in [3.63, 3.8) is 0 Å². The van der Waals surface area contributed by atoms with Gasteiger partial charge in [0.05, 0.1) is 5.69 Å². The van der Waals surface area contributed by atoms with Crippen LogP contribution in [-0.2, 0) is 4.79 Å². The van der Waals surface area contributed by atoms with E-state index >= 15 is 0 Å². The van der Waals surface area contributed by atoms with Crippen LogP contribution in [-0.4, -0.2) is 35.5 Å². The van der Waals surface area contributed by atoms with Gasteiger partial charge in [-0.2, -0.15) is 19.1 Å². The first-order valence-electron chi connectivity index (χ1n) is 8.09. The summed E-state index contributed by atoms with van der Waals surface area (Å²) in [5.74, 6) is -1.33. The maximum absolute atomic E-state index is 14.7. The number of aromatic nitrogens is 2. The minimum absolute atomic E-state index is 0.00158. The van der Waals surface area contributed by atoms with Crippen LogP contribution in [0.2, 0.25) is 0 Å². The Balaban J connectivity index is 2.17. The molecule has 0 aliphatic carbocycles. The van der Waals surface area contributed by atoms with E-state index in [9.17, 15) is 23.2 Å². The van der Waals surface area contributed by atoms with Crippen LogP contribution in [0.1, 0.15) is 24.7 Å². The third kappa shape index (κ3) is 3.28. The van der Waals surface area contributed by atoms with Crippen LogP contribution < -0.4 is 14.4 Å². The molecule has 10 heteroatoms. The number of alkyl halides is 2. The number of fused-ring (bicyclic) bond motifs is 1. The van der Waals surface area contributed by atoms with Gasteiger partial charge in [0.15, 0.2) is 23.9 Å². The zero-order valence-electron chi connectivity index (χ0n) is 14.5. The minimum Gasteiger partial charge on any atom is -0.481 e. The van der Waals surface area contributed by atoms with Gasteiger partial charge in [-0.1, -0.05) is 6.92 Å². The van der Waals surface area contributed by atoms with Gasteiger partial charge in [-0.3, -0.25) is 4.79 Å². The molecule has 0 saturated carbocycles. The van der Waals surface area contributed by atoms with Crippen molar-refractivity contribution in [2.45, 2.75) is 26.9 Å². The number of halogens is 3. The highest BCUT2D eigenvalue weighted by Gasteiger charge is 2.29. The van der Waals surface area contributed by atoms with E-state index in [2.05, 4.69) is 9.84 Å². The Labute approximate surface area is 152 Å². The van der Waals surface area contributed by atoms with Gasteiger partial charge in [0.25, 0.3) is 5.91 Å². The summed E-state index contributed by atoms with van der Waals surface area (Å²) >= 11 is 0. The smallest absolute Gasteiger partial charge is 0.387 e. The van der Waals surface area contributed by atoms with Crippen molar-refractivity contribution in [3.8, 4) is 23.3 Å². The topological polar surface area (TPSA) is 80.4 Å². The number of rotatable bonds is 5. The van der Waals surface area contributed by atoms with E-state index in [1.807, 2.05) is 6.92 Å². The van der Waals surface area contributed by atoms with Crippen LogP contribution >= 0.6 is 0 Å². The van der Waals surface area contributed by atoms with Gasteiger partial charge in [-0.25, -0.2) is 9.07 Å². The number of benzene rings is 1. The molecule has 0 N–H and O–H groups in total. The van der Waals surface area contributed by atoms with Crippen LogP contribution in [0.25, 0.3) is 5.69 Å². The van der Waals surface area contributed by atoms with E-state index in [-0.39, 0.29) is 35.3 Å². The zero-order chi connectivity index (χ0) is 19.7. The first-order valence-corrected chi connectivity index (χ1v) is 8.09. The van der Waals surface area contributed by atoms with Gasteiger partial charge in [0.1, 0.15) is 23.2 Å². The summed E-state index contributed by atoms with van der Waals surface area (Å²) in [5.41, 5.74) is -0.242. The number of aryl methyl sites for hydroxylation is 1. The van der Waals surface area contributed by atoms with Crippen LogP contribution in [0.3, 0.4) is 0 Å². The van der Waals surface area contributed by atoms with E-state index in [0.717, 1.165) is 10.7 Å². The fraction of sp³-hybridized carbons (Fsp3) is 0.353. The molecule has 27 heavy (non-hydrogen) atoms. The summed E-state index contributed by atoms with van der Waals surface area (Å²) in [6.45, 7) is 0.270. The Morgan fingerprint density at radius 3 is 2.78 bits per heavy atom. The fourth-order valence-electron chi connectivity index (χ4n) is 2.86. The fourth-order valence-corrected chi connectivity index (χ4v) is 2.86. The molecule has 1 amide bonds. The van der Waals surface area contributed by atoms with Crippen LogP contribution in [0.15, 0.2) is 12.1 Å². The standard InChI is InChI=1S/C17H15F3N4O3/c1-3-4-23-12-6-11(10(18)5-14(12)26-8-15(23)25)24-13(7-21)16(9(2)22-24)27-17(19)20/h5-6,17H,3-4,8H2,1-2H3. The molecular weight excluding hydrogens is 365 g/mol. The van der Waals surface area contributed by atoms with Crippen LogP contribution in [0.5, 0.6) is 11.5 Å². The average Bonchev–Trinajstić information content (AvgIpc) is 2.92. The summed E-state index contributed by atoms with van der Waals surface area (Å²) in [7, 11) is 0. The van der Waals surface area contributed by atoms with Gasteiger partial charge in [-0.15, -0.1) is 0 Å². The maximum Gasteiger partial charge on any atom is 0.387 e. The molecule has 3 rings (SSSR count). The molecule has 0 atom stereocenters. The Morgan fingerprint density at radius 2 is 2.15 bits per heavy atom. The van der Waals surface area contributed by atoms with Crippen molar-refractivity contribution in [3.05, 3.63) is 29.3 Å². The number of hydrogen-bond acceptors (Lipinski definition) is 5. The van der Waals surface area contributed by atoms with E-state index in [1.165, 1.54) is 17.9 Å². The van der Waals surface area contributed by atoms with Crippen molar-refractivity contribution < 1.29 is 27.4 Å². The van der Waals surface area contributed by atoms with E-state index in [4.69, 9.17) is 4.74 Å². The Hall–Kier alpha value is -3.22. The largest absolute Gasteiger partial charge is 0.481 e. The predicted octanol–water partition coefficient (Wildman–Crippen LogP) is 2.93. The number of ether oxygens (including phenoxy) is 2. The number of hydrogen-bond donors (Lipinski definition) is 0. The molecule has 1 aromatic carbocycles. The van der Waals surface area contributed by atoms with Gasteiger partial charge < -0.3 is 14.4 Å². The lowest BCUT2D eigenvalue weighted by Gasteiger charge is -2.29. The summed E-state index contributed by atoms with van der Waals surface area (Å²) in [5, 5.41) is 13.3. The number of amides is 1. The van der Waals surface area contributed by atoms with Crippen LogP contribution in [0.4, 0.5) is 18.9 Å². The summed E-state index contributed by atoms with van der Waals surface area (Å²) < 4.78 is 50.4. The number of anilines is 1. The Kier molecular flexibility index (Phi) is 4.94. The molecular formula is C17H15F3N4O3. The molecule has 2 heterocycles. The summed E-state index contributed by atoms with van der Waals surface area (Å²) in [6.07, 6.45) is 0.661. The molecule has 2 aromatic rings. The Morgan fingerprint density at radius 1 is 1.41 bits per heavy atom. The van der Waals surface area contributed by atoms with E-state index < -0.39 is 18.2 Å². The molecule has 7 nitrogen and oxygen atoms in total. The second-order valence-corrected chi connectivity index (χ2v) is 5.77. The number of carbonyl (C=O) groups excluding carboxylic acids is 1. The van der Waals surface area contributed by atoms with Crippen molar-refractivity contribution in [2.75, 3.05) is 18.1 Å². The normalized spacial score (nSPS) is 13.4. The molecule has 1 aromatic heterocycles. The molecule has 0 unspecified atom stereocenters. The van der Waals surface area contributed by atoms with Gasteiger partial charge in [0.2, 0.25) is 0 Å². The van der Waals surface area contributed by atoms with Crippen LogP contribution in [0, 0.1) is 24.1 Å². The third-order valence-corrected chi connectivity index (χ3v) is 3.97. The predicted molar refractivity (Wildman–Crippen MR) is 87.7 cm³/mol. The highest BCUT2D eigenvalue weighted by Crippen LogP contribution is 2.37. The second kappa shape index (κ2) is 7.19. The minimum atomic E-state index is -3.16. The monoisotopic (exact) mass is 380 g/mol. The molecule has 0 bridgehead atoms. The average molecular weight is 380 g/mol. The quantitative estimate of drug-likeness (QED) is 0.797. The molecule has 0 radical (unpaired) electrons. The Bertz CT molecular complexity index is 936. The first-order chi connectivity index (χ1) is 12.9. The zero-order valence-corrected chi connectivity index (χ0v) is 14.5. The van der Waals surface area contributed by atoms with Gasteiger partial charge in [-0.05, 0) is 19.4 Å². The second-order valence-electron chi connectivity index (χ2n) is 5.77. The van der Waals surface area contributed by atoms with E-state index in [0.29, 0.717) is 18.7 Å². The first kappa shape index (κ1) is 18.6. The molecule has 0 spiro atoms.